The monoisotopic (exact) mass is 1440 g/mol. The molecule has 12 rings (SSSR count). The molecule has 0 fully saturated rings. The predicted molar refractivity (Wildman–Crippen MR) is 420 cm³/mol. The van der Waals surface area contributed by atoms with Gasteiger partial charge in [0.15, 0.2) is 0 Å². The summed E-state index contributed by atoms with van der Waals surface area (Å²) in [5, 5.41) is 0. The fraction of sp³-hybridized carbons (Fsp3) is 0.278. The second-order valence-corrected chi connectivity index (χ2v) is 25.7. The van der Waals surface area contributed by atoms with E-state index in [1.54, 1.807) is 130 Å². The second-order valence-electron chi connectivity index (χ2n) is 25.7. The zero-order valence-corrected chi connectivity index (χ0v) is 66.1. The Morgan fingerprint density at radius 2 is 0.619 bits per heavy atom. The summed E-state index contributed by atoms with van der Waals surface area (Å²) in [6, 6.07) is 50.3. The molecule has 12 aromatic rings. The smallest absolute Gasteiger partial charge is 0.215 e. The molecule has 15 heteroatoms. The zero-order chi connectivity index (χ0) is 79.6. The molecule has 105 heavy (non-hydrogen) atoms. The first kappa shape index (κ1) is 92.6. The summed E-state index contributed by atoms with van der Waals surface area (Å²) >= 11 is 0. The van der Waals surface area contributed by atoms with E-state index < -0.39 is 0 Å². The van der Waals surface area contributed by atoms with E-state index in [-0.39, 0.29) is 46.7 Å². The molecule has 7 aromatic heterocycles. The third-order valence-corrected chi connectivity index (χ3v) is 14.8. The predicted octanol–water partition coefficient (Wildman–Crippen LogP) is 24.8. The van der Waals surface area contributed by atoms with Crippen LogP contribution >= 0.6 is 0 Å². The maximum atomic E-state index is 12.7. The average Bonchev–Trinajstić information content (AvgIpc) is 0.925. The standard InChI is InChI=1S/C9H12.3C8H9F.C8H10.5C7H8FN.2C7H9N/c1-7-4-5-8(2)9(3)6-7;1-6-3-7(2)5-8(9)4-6;1-6-3-4-8(9)7(2)5-6;1-6-4-3-5-7(2)8(6)9;1-7-4-3-5-8(2)6-7;1-5-3-6(2)9-4-7(5)8;1-5-3-6(2)7(8)9-4-5;2*1-5-3-4-9-6(2)7(5)8;1-5-3-4-7(8)6(2)9-5;1-6-3-4-8-7(2)5-6;1-6-4-3-5-7(2)8-6/h4-6H,1-3H3;3*3-5H,1-2H3;3-6H,1-2H3;5*3-4H,1-2H3;2*3-5H,1-2H3. The van der Waals surface area contributed by atoms with Crippen LogP contribution in [0.5, 0.6) is 0 Å². The van der Waals surface area contributed by atoms with Crippen molar-refractivity contribution in [1.82, 2.24) is 34.9 Å². The van der Waals surface area contributed by atoms with Gasteiger partial charge in [-0.2, -0.15) is 4.39 Å². The van der Waals surface area contributed by atoms with Gasteiger partial charge in [0.2, 0.25) is 5.95 Å². The minimum Gasteiger partial charge on any atom is -0.262 e. The molecule has 0 aliphatic carbocycles. The van der Waals surface area contributed by atoms with E-state index in [1.807, 2.05) is 111 Å². The number of nitrogens with zero attached hydrogens (tertiary/aromatic N) is 7. The lowest BCUT2D eigenvalue weighted by molar-refractivity contribution is 0.573. The average molecular weight is 1440 g/mol. The molecule has 0 amide bonds. The first-order valence-electron chi connectivity index (χ1n) is 34.2. The molecular formula is C90H107F8N7. The molecule has 0 aliphatic rings. The van der Waals surface area contributed by atoms with Gasteiger partial charge in [-0.15, -0.1) is 0 Å². The normalized spacial score (nSPS) is 9.57. The van der Waals surface area contributed by atoms with Crippen LogP contribution in [0.15, 0.2) is 195 Å². The van der Waals surface area contributed by atoms with Crippen LogP contribution in [0.25, 0.3) is 0 Å². The summed E-state index contributed by atoms with van der Waals surface area (Å²) in [5.41, 5.74) is 23.2. The Hall–Kier alpha value is -10.4. The number of halogens is 8. The lowest BCUT2D eigenvalue weighted by Gasteiger charge is -1.98. The van der Waals surface area contributed by atoms with Crippen molar-refractivity contribution in [3.8, 4) is 0 Å². The fourth-order valence-corrected chi connectivity index (χ4v) is 8.97. The summed E-state index contributed by atoms with van der Waals surface area (Å²) in [5.74, 6) is -1.59. The molecule has 7 heterocycles. The Balaban J connectivity index is 0.000000573. The van der Waals surface area contributed by atoms with Crippen LogP contribution in [-0.2, 0) is 0 Å². The van der Waals surface area contributed by atoms with E-state index >= 15 is 0 Å². The van der Waals surface area contributed by atoms with E-state index in [9.17, 15) is 35.1 Å². The Bertz CT molecular complexity index is 3900. The number of benzene rings is 5. The van der Waals surface area contributed by atoms with E-state index in [0.717, 1.165) is 67.4 Å². The van der Waals surface area contributed by atoms with Crippen molar-refractivity contribution in [3.05, 3.63) is 382 Å². The second kappa shape index (κ2) is 49.3. The molecular weight excluding hydrogens is 1330 g/mol. The third kappa shape index (κ3) is 40.9. The van der Waals surface area contributed by atoms with E-state index in [2.05, 4.69) is 125 Å². The number of rotatable bonds is 0. The van der Waals surface area contributed by atoms with Gasteiger partial charge in [-0.3, -0.25) is 29.9 Å². The van der Waals surface area contributed by atoms with Gasteiger partial charge >= 0.3 is 0 Å². The lowest BCUT2D eigenvalue weighted by Crippen LogP contribution is -1.89. The zero-order valence-electron chi connectivity index (χ0n) is 66.1. The Kier molecular flexibility index (Phi) is 43.5. The highest BCUT2D eigenvalue weighted by Gasteiger charge is 2.02. The van der Waals surface area contributed by atoms with Crippen LogP contribution in [0.4, 0.5) is 35.1 Å². The maximum absolute atomic E-state index is 12.7. The van der Waals surface area contributed by atoms with Crippen molar-refractivity contribution in [2.24, 2.45) is 0 Å². The van der Waals surface area contributed by atoms with Crippen molar-refractivity contribution in [3.63, 3.8) is 0 Å². The molecule has 0 bridgehead atoms. The van der Waals surface area contributed by atoms with Crippen molar-refractivity contribution in [2.45, 2.75) is 173 Å². The van der Waals surface area contributed by atoms with Crippen molar-refractivity contribution in [1.29, 1.82) is 0 Å². The fourth-order valence-electron chi connectivity index (χ4n) is 8.97. The summed E-state index contributed by atoms with van der Waals surface area (Å²) < 4.78 is 100. The van der Waals surface area contributed by atoms with Crippen LogP contribution in [0.1, 0.15) is 140 Å². The van der Waals surface area contributed by atoms with Gasteiger partial charge < -0.3 is 0 Å². The number of aromatic nitrogens is 7. The Labute approximate surface area is 621 Å². The largest absolute Gasteiger partial charge is 0.262 e. The van der Waals surface area contributed by atoms with E-state index in [0.29, 0.717) is 39.3 Å². The number of hydrogen-bond acceptors (Lipinski definition) is 7. The molecule has 5 aromatic carbocycles. The third-order valence-electron chi connectivity index (χ3n) is 14.8. The summed E-state index contributed by atoms with van der Waals surface area (Å²) in [4.78, 5) is 26.9. The minimum absolute atomic E-state index is 0.0856. The lowest BCUT2D eigenvalue weighted by atomic mass is 10.1. The minimum atomic E-state index is -0.374. The number of hydrogen-bond donors (Lipinski definition) is 0. The number of aryl methyl sites for hydroxylation is 25. The van der Waals surface area contributed by atoms with Crippen molar-refractivity contribution < 1.29 is 35.1 Å². The van der Waals surface area contributed by atoms with Crippen LogP contribution < -0.4 is 0 Å². The maximum Gasteiger partial charge on any atom is 0.215 e. The topological polar surface area (TPSA) is 90.2 Å². The molecule has 7 nitrogen and oxygen atoms in total. The molecule has 0 saturated carbocycles. The SMILES string of the molecule is Cc1cc(C)c(F)cn1.Cc1cc(C)cc(F)c1.Cc1ccc(C)c(C)c1.Cc1ccc(F)c(C)c1.Cc1ccc(F)c(C)n1.Cc1cccc(C)c1.Cc1cccc(C)c1F.Cc1cccc(C)n1.Cc1ccnc(C)c1.Cc1ccnc(C)c1F.Cc1ccnc(C)c1F.Cc1cnc(F)c(C)c1. The van der Waals surface area contributed by atoms with Gasteiger partial charge in [-0.1, -0.05) is 113 Å². The van der Waals surface area contributed by atoms with Gasteiger partial charge in [0, 0.05) is 58.8 Å². The Morgan fingerprint density at radius 1 is 0.210 bits per heavy atom. The van der Waals surface area contributed by atoms with Crippen LogP contribution in [-0.4, -0.2) is 34.9 Å². The van der Waals surface area contributed by atoms with Gasteiger partial charge in [0.1, 0.15) is 40.7 Å². The molecule has 0 N–H and O–H groups in total. The highest BCUT2D eigenvalue weighted by Crippen LogP contribution is 2.13. The molecule has 0 radical (unpaired) electrons. The van der Waals surface area contributed by atoms with E-state index in [4.69, 9.17) is 0 Å². The first-order valence-corrected chi connectivity index (χ1v) is 34.2. The van der Waals surface area contributed by atoms with Crippen molar-refractivity contribution >= 4 is 0 Å². The highest BCUT2D eigenvalue weighted by atomic mass is 19.2. The van der Waals surface area contributed by atoms with Crippen LogP contribution in [0, 0.1) is 220 Å². The van der Waals surface area contributed by atoms with Crippen LogP contribution in [0.3, 0.4) is 0 Å². The van der Waals surface area contributed by atoms with Gasteiger partial charge in [-0.05, 0) is 313 Å². The molecule has 0 spiro atoms. The molecule has 558 valence electrons. The molecule has 0 aliphatic heterocycles. The molecule has 0 saturated heterocycles. The van der Waals surface area contributed by atoms with Crippen molar-refractivity contribution in [2.75, 3.05) is 0 Å². The summed E-state index contributed by atoms with van der Waals surface area (Å²) in [7, 11) is 0. The van der Waals surface area contributed by atoms with Gasteiger partial charge in [-0.25, -0.2) is 35.7 Å². The summed E-state index contributed by atoms with van der Waals surface area (Å²) in [6.07, 6.45) is 7.79. The quantitative estimate of drug-likeness (QED) is 0.110. The van der Waals surface area contributed by atoms with E-state index in [1.165, 1.54) is 70.0 Å². The van der Waals surface area contributed by atoms with Gasteiger partial charge in [0.25, 0.3) is 0 Å². The van der Waals surface area contributed by atoms with Gasteiger partial charge in [0.05, 0.1) is 23.3 Å². The number of pyridine rings is 7. The highest BCUT2D eigenvalue weighted by molar-refractivity contribution is 5.30. The molecule has 0 atom stereocenters. The Morgan fingerprint density at radius 3 is 0.962 bits per heavy atom. The molecule has 0 unspecified atom stereocenters. The first-order chi connectivity index (χ1) is 49.2. The summed E-state index contributed by atoms with van der Waals surface area (Å²) in [6.45, 7) is 47.1. The van der Waals surface area contributed by atoms with Crippen LogP contribution in [0.2, 0.25) is 0 Å².